The van der Waals surface area contributed by atoms with Crippen molar-refractivity contribution in [3.8, 4) is 0 Å². The number of nitrogen functional groups attached to an aromatic ring is 1. The SMILES string of the molecule is CC(Nc1cc(Br)ncc1N)C(C)(F)F. The van der Waals surface area contributed by atoms with E-state index in [2.05, 4.69) is 26.2 Å². The van der Waals surface area contributed by atoms with E-state index < -0.39 is 12.0 Å². The molecular weight excluding hydrogens is 268 g/mol. The van der Waals surface area contributed by atoms with Crippen molar-refractivity contribution in [1.29, 1.82) is 0 Å². The maximum atomic E-state index is 12.9. The van der Waals surface area contributed by atoms with Crippen molar-refractivity contribution in [3.63, 3.8) is 0 Å². The van der Waals surface area contributed by atoms with E-state index in [1.807, 2.05) is 0 Å². The van der Waals surface area contributed by atoms with Gasteiger partial charge in [0, 0.05) is 6.92 Å². The van der Waals surface area contributed by atoms with Gasteiger partial charge in [-0.25, -0.2) is 13.8 Å². The number of anilines is 2. The first-order valence-corrected chi connectivity index (χ1v) is 5.15. The van der Waals surface area contributed by atoms with Crippen LogP contribution in [0.3, 0.4) is 0 Å². The number of rotatable bonds is 3. The quantitative estimate of drug-likeness (QED) is 0.837. The van der Waals surface area contributed by atoms with E-state index in [1.165, 1.54) is 13.1 Å². The number of pyridine rings is 1. The van der Waals surface area contributed by atoms with Crippen molar-refractivity contribution >= 4 is 27.3 Å². The minimum atomic E-state index is -2.80. The molecule has 3 nitrogen and oxygen atoms in total. The second-order valence-electron chi connectivity index (χ2n) is 3.42. The highest BCUT2D eigenvalue weighted by molar-refractivity contribution is 9.10. The van der Waals surface area contributed by atoms with Crippen molar-refractivity contribution in [3.05, 3.63) is 16.9 Å². The van der Waals surface area contributed by atoms with Crippen LogP contribution in [0, 0.1) is 0 Å². The first kappa shape index (κ1) is 12.2. The van der Waals surface area contributed by atoms with Crippen LogP contribution in [0.2, 0.25) is 0 Å². The summed E-state index contributed by atoms with van der Waals surface area (Å²) in [5.41, 5.74) is 6.38. The second-order valence-corrected chi connectivity index (χ2v) is 4.23. The van der Waals surface area contributed by atoms with E-state index in [0.717, 1.165) is 6.92 Å². The van der Waals surface area contributed by atoms with Crippen LogP contribution < -0.4 is 11.1 Å². The normalized spacial score (nSPS) is 13.7. The fourth-order valence-electron chi connectivity index (χ4n) is 0.925. The number of aromatic nitrogens is 1. The van der Waals surface area contributed by atoms with Gasteiger partial charge in [0.25, 0.3) is 5.92 Å². The highest BCUT2D eigenvalue weighted by atomic mass is 79.9. The van der Waals surface area contributed by atoms with E-state index in [0.29, 0.717) is 16.0 Å². The first-order valence-electron chi connectivity index (χ1n) is 4.36. The van der Waals surface area contributed by atoms with Gasteiger partial charge in [-0.05, 0) is 28.9 Å². The molecule has 0 saturated heterocycles. The molecule has 15 heavy (non-hydrogen) atoms. The summed E-state index contributed by atoms with van der Waals surface area (Å²) in [5, 5.41) is 2.65. The molecule has 1 heterocycles. The van der Waals surface area contributed by atoms with Crippen molar-refractivity contribution in [2.75, 3.05) is 11.1 Å². The fourth-order valence-corrected chi connectivity index (χ4v) is 1.26. The summed E-state index contributed by atoms with van der Waals surface area (Å²) in [6, 6.07) is 0.575. The fraction of sp³-hybridized carbons (Fsp3) is 0.444. The lowest BCUT2D eigenvalue weighted by atomic mass is 10.2. The van der Waals surface area contributed by atoms with Gasteiger partial charge in [-0.15, -0.1) is 0 Å². The van der Waals surface area contributed by atoms with Gasteiger partial charge in [0.05, 0.1) is 23.6 Å². The van der Waals surface area contributed by atoms with E-state index >= 15 is 0 Å². The number of alkyl halides is 2. The minimum absolute atomic E-state index is 0.342. The molecule has 0 fully saturated rings. The molecule has 1 aromatic heterocycles. The molecule has 0 saturated carbocycles. The molecule has 1 unspecified atom stereocenters. The summed E-state index contributed by atoms with van der Waals surface area (Å²) in [4.78, 5) is 3.87. The van der Waals surface area contributed by atoms with Gasteiger partial charge < -0.3 is 11.1 Å². The Labute approximate surface area is 95.2 Å². The summed E-state index contributed by atoms with van der Waals surface area (Å²) >= 11 is 3.14. The van der Waals surface area contributed by atoms with Crippen LogP contribution in [-0.2, 0) is 0 Å². The Morgan fingerprint density at radius 1 is 1.60 bits per heavy atom. The monoisotopic (exact) mass is 279 g/mol. The summed E-state index contributed by atoms with van der Waals surface area (Å²) in [7, 11) is 0. The Bertz CT molecular complexity index is 352. The molecule has 84 valence electrons. The Morgan fingerprint density at radius 2 is 2.20 bits per heavy atom. The number of halogens is 3. The highest BCUT2D eigenvalue weighted by Crippen LogP contribution is 2.26. The Morgan fingerprint density at radius 3 is 2.73 bits per heavy atom. The Kier molecular flexibility index (Phi) is 3.49. The van der Waals surface area contributed by atoms with Crippen LogP contribution in [0.1, 0.15) is 13.8 Å². The summed E-state index contributed by atoms with van der Waals surface area (Å²) < 4.78 is 26.4. The van der Waals surface area contributed by atoms with Gasteiger partial charge >= 0.3 is 0 Å². The van der Waals surface area contributed by atoms with Gasteiger partial charge in [0.2, 0.25) is 0 Å². The molecule has 0 aliphatic heterocycles. The van der Waals surface area contributed by atoms with Gasteiger partial charge in [0.15, 0.2) is 0 Å². The lowest BCUT2D eigenvalue weighted by Gasteiger charge is -2.22. The first-order chi connectivity index (χ1) is 6.80. The predicted molar refractivity (Wildman–Crippen MR) is 60.1 cm³/mol. The largest absolute Gasteiger partial charge is 0.396 e. The third kappa shape index (κ3) is 3.30. The second kappa shape index (κ2) is 4.30. The summed E-state index contributed by atoms with van der Waals surface area (Å²) in [5.74, 6) is -2.80. The molecule has 0 amide bonds. The standard InChI is InChI=1S/C9H12BrF2N3/c1-5(9(2,11)12)15-7-3-8(10)14-4-6(7)13/h3-5H,13H2,1-2H3,(H,14,15). The van der Waals surface area contributed by atoms with Gasteiger partial charge in [-0.1, -0.05) is 0 Å². The molecule has 0 aliphatic rings. The maximum Gasteiger partial charge on any atom is 0.264 e. The molecular formula is C9H12BrF2N3. The van der Waals surface area contributed by atoms with Gasteiger partial charge in [-0.2, -0.15) is 0 Å². The number of nitrogens with one attached hydrogen (secondary N) is 1. The van der Waals surface area contributed by atoms with Gasteiger partial charge in [-0.3, -0.25) is 0 Å². The number of nitrogens with zero attached hydrogens (tertiary/aromatic N) is 1. The summed E-state index contributed by atoms with van der Waals surface area (Å²) in [6.07, 6.45) is 1.41. The van der Waals surface area contributed by atoms with E-state index in [9.17, 15) is 8.78 Å². The lowest BCUT2D eigenvalue weighted by molar-refractivity contribution is 0.00702. The Balaban J connectivity index is 2.85. The smallest absolute Gasteiger partial charge is 0.264 e. The molecule has 0 aromatic carbocycles. The zero-order chi connectivity index (χ0) is 11.6. The molecule has 0 aliphatic carbocycles. The lowest BCUT2D eigenvalue weighted by Crippen LogP contribution is -2.34. The molecule has 0 spiro atoms. The zero-order valence-electron chi connectivity index (χ0n) is 8.39. The number of hydrogen-bond acceptors (Lipinski definition) is 3. The molecule has 6 heteroatoms. The van der Waals surface area contributed by atoms with E-state index in [1.54, 1.807) is 6.07 Å². The van der Waals surface area contributed by atoms with Crippen molar-refractivity contribution in [2.24, 2.45) is 0 Å². The van der Waals surface area contributed by atoms with Crippen molar-refractivity contribution in [1.82, 2.24) is 4.98 Å². The van der Waals surface area contributed by atoms with Crippen LogP contribution in [0.4, 0.5) is 20.2 Å². The highest BCUT2D eigenvalue weighted by Gasteiger charge is 2.30. The topological polar surface area (TPSA) is 50.9 Å². The number of hydrogen-bond donors (Lipinski definition) is 2. The van der Waals surface area contributed by atoms with Crippen LogP contribution in [0.5, 0.6) is 0 Å². The van der Waals surface area contributed by atoms with Crippen molar-refractivity contribution in [2.45, 2.75) is 25.8 Å². The molecule has 1 aromatic rings. The predicted octanol–water partition coefficient (Wildman–Crippen LogP) is 2.88. The average Bonchev–Trinajstić information content (AvgIpc) is 2.09. The minimum Gasteiger partial charge on any atom is -0.396 e. The van der Waals surface area contributed by atoms with Gasteiger partial charge in [0.1, 0.15) is 4.60 Å². The molecule has 0 radical (unpaired) electrons. The van der Waals surface area contributed by atoms with Crippen LogP contribution in [0.25, 0.3) is 0 Å². The summed E-state index contributed by atoms with van der Waals surface area (Å²) in [6.45, 7) is 2.25. The van der Waals surface area contributed by atoms with E-state index in [-0.39, 0.29) is 0 Å². The molecule has 0 bridgehead atoms. The molecule has 1 rings (SSSR count). The maximum absolute atomic E-state index is 12.9. The number of nitrogens with two attached hydrogens (primary N) is 1. The molecule has 3 N–H and O–H groups in total. The van der Waals surface area contributed by atoms with Crippen LogP contribution in [-0.4, -0.2) is 16.9 Å². The van der Waals surface area contributed by atoms with Crippen LogP contribution >= 0.6 is 15.9 Å². The third-order valence-electron chi connectivity index (χ3n) is 2.03. The van der Waals surface area contributed by atoms with Crippen LogP contribution in [0.15, 0.2) is 16.9 Å². The molecule has 1 atom stereocenters. The van der Waals surface area contributed by atoms with E-state index in [4.69, 9.17) is 5.73 Å². The third-order valence-corrected chi connectivity index (χ3v) is 2.47. The Hall–Kier alpha value is -0.910. The average molecular weight is 280 g/mol. The zero-order valence-corrected chi connectivity index (χ0v) is 9.98. The van der Waals surface area contributed by atoms with Crippen molar-refractivity contribution < 1.29 is 8.78 Å².